The fraction of sp³-hybridized carbons (Fsp3) is 0.276. The zero-order chi connectivity index (χ0) is 27.5. The van der Waals surface area contributed by atoms with Gasteiger partial charge in [0.15, 0.2) is 11.5 Å². The van der Waals surface area contributed by atoms with Crippen molar-refractivity contribution in [3.05, 3.63) is 99.4 Å². The molecule has 1 unspecified atom stereocenters. The molecule has 1 atom stereocenters. The molecule has 0 bridgehead atoms. The third-order valence-electron chi connectivity index (χ3n) is 5.98. The first kappa shape index (κ1) is 28.2. The van der Waals surface area contributed by atoms with Gasteiger partial charge in [-0.15, -0.1) is 10.1 Å². The maximum atomic E-state index is 14.8. The minimum Gasteiger partial charge on any atom is -0.493 e. The summed E-state index contributed by atoms with van der Waals surface area (Å²) in [6.45, 7) is 2.14. The Bertz CT molecular complexity index is 1280. The first-order chi connectivity index (χ1) is 18.3. The van der Waals surface area contributed by atoms with Gasteiger partial charge in [-0.3, -0.25) is 0 Å². The van der Waals surface area contributed by atoms with Crippen LogP contribution < -0.4 is 9.47 Å². The largest absolute Gasteiger partial charge is 0.493 e. The Kier molecular flexibility index (Phi) is 10.2. The number of carboxylic acid groups (broad SMARTS) is 1. The van der Waals surface area contributed by atoms with E-state index in [-0.39, 0.29) is 36.9 Å². The number of methoxy groups -OCH3 is 1. The Labute approximate surface area is 220 Å². The lowest BCUT2D eigenvalue weighted by Crippen LogP contribution is -2.08. The summed E-state index contributed by atoms with van der Waals surface area (Å²) < 4.78 is 26.2. The van der Waals surface area contributed by atoms with Crippen molar-refractivity contribution in [1.82, 2.24) is 0 Å². The lowest BCUT2D eigenvalue weighted by atomic mass is 9.97. The van der Waals surface area contributed by atoms with E-state index in [2.05, 4.69) is 4.84 Å². The van der Waals surface area contributed by atoms with Crippen LogP contribution in [0.1, 0.15) is 43.2 Å². The van der Waals surface area contributed by atoms with Gasteiger partial charge in [0.05, 0.1) is 20.3 Å². The number of carboxylic acids is 1. The highest BCUT2D eigenvalue weighted by Gasteiger charge is 2.14. The molecule has 0 fully saturated rings. The van der Waals surface area contributed by atoms with Crippen LogP contribution in [-0.4, -0.2) is 36.5 Å². The number of carbonyl (C=O) groups is 1. The molecule has 200 valence electrons. The van der Waals surface area contributed by atoms with Gasteiger partial charge in [-0.2, -0.15) is 0 Å². The predicted molar refractivity (Wildman–Crippen MR) is 141 cm³/mol. The SMILES string of the molecule is COc1cc(/C=C(\CCCCO[N+](=O)[O-])C(=O)O)ccc1OCC(C)c1ccc(-c2ccccc2)c(F)c1. The average molecular weight is 524 g/mol. The van der Waals surface area contributed by atoms with Crippen LogP contribution in [0.25, 0.3) is 17.2 Å². The molecule has 38 heavy (non-hydrogen) atoms. The van der Waals surface area contributed by atoms with Crippen LogP contribution in [0.3, 0.4) is 0 Å². The second kappa shape index (κ2) is 13.8. The molecule has 0 spiro atoms. The van der Waals surface area contributed by atoms with Crippen molar-refractivity contribution in [2.75, 3.05) is 20.3 Å². The highest BCUT2D eigenvalue weighted by molar-refractivity contribution is 5.92. The summed E-state index contributed by atoms with van der Waals surface area (Å²) in [5.74, 6) is -0.559. The Morgan fingerprint density at radius 3 is 2.50 bits per heavy atom. The standard InChI is InChI=1S/C29H30FNO7/c1-20(23-12-13-25(26(30)18-23)22-8-4-3-5-9-22)19-37-27-14-11-21(17-28(27)36-2)16-24(29(32)33)10-6-7-15-38-31(34)35/h3-5,8-9,11-14,16-18,20H,6-7,10,15,19H2,1-2H3,(H,32,33)/b24-16+. The molecule has 0 aromatic heterocycles. The number of aliphatic carboxylic acids is 1. The number of halogens is 1. The fourth-order valence-electron chi connectivity index (χ4n) is 3.89. The normalized spacial score (nSPS) is 12.0. The smallest absolute Gasteiger partial charge is 0.331 e. The summed E-state index contributed by atoms with van der Waals surface area (Å²) in [5, 5.41) is 18.9. The molecule has 0 radical (unpaired) electrons. The van der Waals surface area contributed by atoms with E-state index in [4.69, 9.17) is 9.47 Å². The molecule has 1 N–H and O–H groups in total. The van der Waals surface area contributed by atoms with E-state index in [1.54, 1.807) is 24.3 Å². The molecule has 3 rings (SSSR count). The van der Waals surface area contributed by atoms with Gasteiger partial charge in [0, 0.05) is 17.1 Å². The summed E-state index contributed by atoms with van der Waals surface area (Å²) in [6.07, 6.45) is 2.55. The van der Waals surface area contributed by atoms with E-state index in [9.17, 15) is 24.4 Å². The average Bonchev–Trinajstić information content (AvgIpc) is 2.91. The maximum absolute atomic E-state index is 14.8. The minimum atomic E-state index is -1.07. The van der Waals surface area contributed by atoms with E-state index in [0.29, 0.717) is 35.5 Å². The van der Waals surface area contributed by atoms with Crippen molar-refractivity contribution in [1.29, 1.82) is 0 Å². The van der Waals surface area contributed by atoms with Crippen LogP contribution in [0.2, 0.25) is 0 Å². The van der Waals surface area contributed by atoms with Crippen molar-refractivity contribution in [2.45, 2.75) is 32.1 Å². The minimum absolute atomic E-state index is 0.0814. The summed E-state index contributed by atoms with van der Waals surface area (Å²) >= 11 is 0. The summed E-state index contributed by atoms with van der Waals surface area (Å²) in [5.41, 5.74) is 2.93. The molecule has 0 saturated carbocycles. The van der Waals surface area contributed by atoms with Gasteiger partial charge < -0.3 is 19.4 Å². The number of unbranched alkanes of at least 4 members (excludes halogenated alkanes) is 1. The zero-order valence-electron chi connectivity index (χ0n) is 21.3. The quantitative estimate of drug-likeness (QED) is 0.111. The molecule has 0 aliphatic carbocycles. The van der Waals surface area contributed by atoms with E-state index < -0.39 is 11.1 Å². The van der Waals surface area contributed by atoms with E-state index in [1.165, 1.54) is 19.3 Å². The summed E-state index contributed by atoms with van der Waals surface area (Å²) in [4.78, 5) is 26.1. The summed E-state index contributed by atoms with van der Waals surface area (Å²) in [7, 11) is 1.49. The molecule has 0 saturated heterocycles. The first-order valence-corrected chi connectivity index (χ1v) is 12.2. The molecule has 0 aliphatic rings. The van der Waals surface area contributed by atoms with Crippen molar-refractivity contribution in [3.8, 4) is 22.6 Å². The van der Waals surface area contributed by atoms with Crippen molar-refractivity contribution in [2.24, 2.45) is 0 Å². The summed E-state index contributed by atoms with van der Waals surface area (Å²) in [6, 6.07) is 19.6. The molecular weight excluding hydrogens is 493 g/mol. The topological polar surface area (TPSA) is 108 Å². The van der Waals surface area contributed by atoms with Gasteiger partial charge in [-0.1, -0.05) is 55.5 Å². The number of hydrogen-bond donors (Lipinski definition) is 1. The van der Waals surface area contributed by atoms with Gasteiger partial charge in [0.2, 0.25) is 0 Å². The number of benzene rings is 3. The first-order valence-electron chi connectivity index (χ1n) is 12.2. The predicted octanol–water partition coefficient (Wildman–Crippen LogP) is 6.53. The fourth-order valence-corrected chi connectivity index (χ4v) is 3.89. The van der Waals surface area contributed by atoms with E-state index in [1.807, 2.05) is 43.3 Å². The lowest BCUT2D eigenvalue weighted by molar-refractivity contribution is -0.757. The molecule has 0 heterocycles. The maximum Gasteiger partial charge on any atom is 0.331 e. The van der Waals surface area contributed by atoms with Crippen LogP contribution in [0.15, 0.2) is 72.3 Å². The van der Waals surface area contributed by atoms with Crippen LogP contribution >= 0.6 is 0 Å². The van der Waals surface area contributed by atoms with Crippen LogP contribution in [-0.2, 0) is 9.63 Å². The second-order valence-corrected chi connectivity index (χ2v) is 8.72. The monoisotopic (exact) mass is 523 g/mol. The van der Waals surface area contributed by atoms with Gasteiger partial charge in [-0.25, -0.2) is 9.18 Å². The van der Waals surface area contributed by atoms with Crippen LogP contribution in [0.5, 0.6) is 11.5 Å². The Balaban J connectivity index is 1.64. The molecule has 3 aromatic rings. The number of hydrogen-bond acceptors (Lipinski definition) is 6. The number of rotatable bonds is 14. The third kappa shape index (κ3) is 8.06. The molecule has 3 aromatic carbocycles. The molecular formula is C29H30FNO7. The number of nitrogens with zero attached hydrogens (tertiary/aromatic N) is 1. The second-order valence-electron chi connectivity index (χ2n) is 8.72. The van der Waals surface area contributed by atoms with Crippen molar-refractivity contribution in [3.63, 3.8) is 0 Å². The highest BCUT2D eigenvalue weighted by Crippen LogP contribution is 2.31. The van der Waals surface area contributed by atoms with E-state index in [0.717, 1.165) is 11.1 Å². The molecule has 0 amide bonds. The highest BCUT2D eigenvalue weighted by atomic mass is 19.1. The van der Waals surface area contributed by atoms with Gasteiger partial charge in [0.25, 0.3) is 5.09 Å². The number of ether oxygens (including phenoxy) is 2. The van der Waals surface area contributed by atoms with Gasteiger partial charge >= 0.3 is 5.97 Å². The lowest BCUT2D eigenvalue weighted by Gasteiger charge is -2.17. The zero-order valence-corrected chi connectivity index (χ0v) is 21.3. The van der Waals surface area contributed by atoms with Crippen molar-refractivity contribution >= 4 is 12.0 Å². The third-order valence-corrected chi connectivity index (χ3v) is 5.98. The molecule has 0 aliphatic heterocycles. The van der Waals surface area contributed by atoms with Gasteiger partial charge in [-0.05, 0) is 60.2 Å². The molecule has 8 nitrogen and oxygen atoms in total. The van der Waals surface area contributed by atoms with Gasteiger partial charge in [0.1, 0.15) is 5.82 Å². The Morgan fingerprint density at radius 1 is 1.08 bits per heavy atom. The molecule has 9 heteroatoms. The van der Waals surface area contributed by atoms with E-state index >= 15 is 0 Å². The van der Waals surface area contributed by atoms with Crippen LogP contribution in [0, 0.1) is 15.9 Å². The van der Waals surface area contributed by atoms with Crippen molar-refractivity contribution < 1.29 is 33.7 Å². The van der Waals surface area contributed by atoms with Crippen LogP contribution in [0.4, 0.5) is 4.39 Å². The Hall–Kier alpha value is -4.40. The Morgan fingerprint density at radius 2 is 1.84 bits per heavy atom.